The van der Waals surface area contributed by atoms with Gasteiger partial charge in [0.1, 0.15) is 5.75 Å². The molecule has 1 amide bonds. The maximum atomic E-state index is 12.8. The number of nitro groups is 1. The largest absolute Gasteiger partial charge is 0.455 e. The summed E-state index contributed by atoms with van der Waals surface area (Å²) < 4.78 is 5.83. The zero-order chi connectivity index (χ0) is 19.5. The second kappa shape index (κ2) is 7.20. The standard InChI is InChI=1S/C20H14N4O4/c25-20(19-15-12-13(24(26)27)10-11-16(15)22-23-19)21-17-8-4-5-9-18(17)28-14-6-2-1-3-7-14/h1-12H,(H,21,25)(H,22,23). The summed E-state index contributed by atoms with van der Waals surface area (Å²) in [4.78, 5) is 23.3. The zero-order valence-corrected chi connectivity index (χ0v) is 14.5. The van der Waals surface area contributed by atoms with Gasteiger partial charge in [0.2, 0.25) is 0 Å². The minimum Gasteiger partial charge on any atom is -0.455 e. The van der Waals surface area contributed by atoms with Crippen molar-refractivity contribution in [3.8, 4) is 11.5 Å². The molecule has 0 saturated heterocycles. The molecule has 3 aromatic carbocycles. The molecule has 0 aliphatic rings. The summed E-state index contributed by atoms with van der Waals surface area (Å²) in [7, 11) is 0. The van der Waals surface area contributed by atoms with E-state index in [1.807, 2.05) is 18.2 Å². The van der Waals surface area contributed by atoms with Crippen molar-refractivity contribution >= 4 is 28.2 Å². The number of amides is 1. The number of para-hydroxylation sites is 3. The number of H-pyrrole nitrogens is 1. The van der Waals surface area contributed by atoms with Gasteiger partial charge in [-0.15, -0.1) is 0 Å². The lowest BCUT2D eigenvalue weighted by atomic mass is 10.1. The van der Waals surface area contributed by atoms with Crippen LogP contribution < -0.4 is 10.1 Å². The molecule has 0 radical (unpaired) electrons. The van der Waals surface area contributed by atoms with Crippen molar-refractivity contribution < 1.29 is 14.5 Å². The van der Waals surface area contributed by atoms with E-state index in [9.17, 15) is 14.9 Å². The number of hydrogen-bond acceptors (Lipinski definition) is 5. The first-order valence-electron chi connectivity index (χ1n) is 8.37. The van der Waals surface area contributed by atoms with E-state index in [1.165, 1.54) is 18.2 Å². The third-order valence-electron chi connectivity index (χ3n) is 4.08. The van der Waals surface area contributed by atoms with Crippen LogP contribution in [0.5, 0.6) is 11.5 Å². The summed E-state index contributed by atoms with van der Waals surface area (Å²) in [5, 5.41) is 20.9. The molecule has 1 aromatic heterocycles. The highest BCUT2D eigenvalue weighted by molar-refractivity contribution is 6.11. The van der Waals surface area contributed by atoms with Crippen molar-refractivity contribution in [1.29, 1.82) is 0 Å². The molecule has 0 saturated carbocycles. The summed E-state index contributed by atoms with van der Waals surface area (Å²) in [6, 6.07) is 20.4. The number of fused-ring (bicyclic) bond motifs is 1. The SMILES string of the molecule is O=C(Nc1ccccc1Oc1ccccc1)c1n[nH]c2ccc([N+](=O)[O-])cc12. The minimum atomic E-state index is -0.517. The number of carbonyl (C=O) groups excluding carboxylic acids is 1. The number of rotatable bonds is 5. The van der Waals surface area contributed by atoms with E-state index in [-0.39, 0.29) is 11.4 Å². The van der Waals surface area contributed by atoms with Gasteiger partial charge in [-0.3, -0.25) is 20.0 Å². The number of aromatic nitrogens is 2. The molecule has 0 aliphatic heterocycles. The van der Waals surface area contributed by atoms with Gasteiger partial charge >= 0.3 is 0 Å². The number of non-ortho nitro benzene ring substituents is 1. The van der Waals surface area contributed by atoms with E-state index >= 15 is 0 Å². The Morgan fingerprint density at radius 2 is 1.79 bits per heavy atom. The molecule has 8 nitrogen and oxygen atoms in total. The molecule has 8 heteroatoms. The molecule has 28 heavy (non-hydrogen) atoms. The topological polar surface area (TPSA) is 110 Å². The van der Waals surface area contributed by atoms with Crippen LogP contribution in [0.1, 0.15) is 10.5 Å². The lowest BCUT2D eigenvalue weighted by Gasteiger charge is -2.11. The van der Waals surface area contributed by atoms with E-state index < -0.39 is 10.8 Å². The summed E-state index contributed by atoms with van der Waals surface area (Å²) in [6.07, 6.45) is 0. The van der Waals surface area contributed by atoms with Gasteiger partial charge in [-0.05, 0) is 30.3 Å². The highest BCUT2D eigenvalue weighted by atomic mass is 16.6. The molecule has 0 fully saturated rings. The molecule has 2 N–H and O–H groups in total. The fourth-order valence-corrected chi connectivity index (χ4v) is 2.74. The Morgan fingerprint density at radius 3 is 2.57 bits per heavy atom. The van der Waals surface area contributed by atoms with Crippen molar-refractivity contribution in [2.45, 2.75) is 0 Å². The lowest BCUT2D eigenvalue weighted by Crippen LogP contribution is -2.13. The maximum absolute atomic E-state index is 12.8. The number of hydrogen-bond donors (Lipinski definition) is 2. The number of ether oxygens (including phenoxy) is 1. The van der Waals surface area contributed by atoms with E-state index in [2.05, 4.69) is 15.5 Å². The predicted molar refractivity (Wildman–Crippen MR) is 104 cm³/mol. The molecule has 0 bridgehead atoms. The van der Waals surface area contributed by atoms with Gasteiger partial charge < -0.3 is 10.1 Å². The van der Waals surface area contributed by atoms with Crippen molar-refractivity contribution in [1.82, 2.24) is 10.2 Å². The number of anilines is 1. The minimum absolute atomic E-state index is 0.0632. The number of nitro benzene ring substituents is 1. The third kappa shape index (κ3) is 3.38. The molecule has 4 rings (SSSR count). The highest BCUT2D eigenvalue weighted by Gasteiger charge is 2.18. The van der Waals surface area contributed by atoms with Gasteiger partial charge in [0, 0.05) is 17.5 Å². The fourth-order valence-electron chi connectivity index (χ4n) is 2.74. The molecule has 1 heterocycles. The Kier molecular flexibility index (Phi) is 4.43. The molecule has 138 valence electrons. The summed E-state index contributed by atoms with van der Waals surface area (Å²) in [6.45, 7) is 0. The van der Waals surface area contributed by atoms with Crippen LogP contribution in [0.4, 0.5) is 11.4 Å². The zero-order valence-electron chi connectivity index (χ0n) is 14.5. The fraction of sp³-hybridized carbons (Fsp3) is 0. The second-order valence-electron chi connectivity index (χ2n) is 5.92. The molecule has 0 aliphatic carbocycles. The van der Waals surface area contributed by atoms with Crippen molar-refractivity contribution in [2.75, 3.05) is 5.32 Å². The highest BCUT2D eigenvalue weighted by Crippen LogP contribution is 2.30. The lowest BCUT2D eigenvalue weighted by molar-refractivity contribution is -0.384. The average molecular weight is 374 g/mol. The first-order chi connectivity index (χ1) is 13.6. The second-order valence-corrected chi connectivity index (χ2v) is 5.92. The van der Waals surface area contributed by atoms with Gasteiger partial charge in [-0.25, -0.2) is 0 Å². The quantitative estimate of drug-likeness (QED) is 0.394. The van der Waals surface area contributed by atoms with Crippen molar-refractivity contribution in [3.63, 3.8) is 0 Å². The molecule has 0 atom stereocenters. The van der Waals surface area contributed by atoms with Gasteiger partial charge in [0.25, 0.3) is 11.6 Å². The first kappa shape index (κ1) is 17.2. The van der Waals surface area contributed by atoms with Crippen molar-refractivity contribution in [3.05, 3.63) is 88.6 Å². The maximum Gasteiger partial charge on any atom is 0.276 e. The summed E-state index contributed by atoms with van der Waals surface area (Å²) in [5.41, 5.74) is 0.937. The molecular formula is C20H14N4O4. The van der Waals surface area contributed by atoms with Gasteiger partial charge in [-0.1, -0.05) is 30.3 Å². The Hall–Kier alpha value is -4.20. The summed E-state index contributed by atoms with van der Waals surface area (Å²) in [5.74, 6) is 0.591. The summed E-state index contributed by atoms with van der Waals surface area (Å²) >= 11 is 0. The number of aromatic amines is 1. The first-order valence-corrected chi connectivity index (χ1v) is 8.37. The Morgan fingerprint density at radius 1 is 1.04 bits per heavy atom. The van der Waals surface area contributed by atoms with Gasteiger partial charge in [-0.2, -0.15) is 5.10 Å². The average Bonchev–Trinajstić information content (AvgIpc) is 3.13. The van der Waals surface area contributed by atoms with Crippen LogP contribution in [-0.4, -0.2) is 21.0 Å². The molecule has 0 unspecified atom stereocenters. The van der Waals surface area contributed by atoms with Gasteiger partial charge in [0.05, 0.1) is 16.1 Å². The normalized spacial score (nSPS) is 10.6. The Balaban J connectivity index is 1.63. The smallest absolute Gasteiger partial charge is 0.276 e. The molecule has 0 spiro atoms. The molecular weight excluding hydrogens is 360 g/mol. The van der Waals surface area contributed by atoms with Crippen LogP contribution in [0.2, 0.25) is 0 Å². The number of carbonyl (C=O) groups is 1. The number of nitrogens with zero attached hydrogens (tertiary/aromatic N) is 2. The van der Waals surface area contributed by atoms with Gasteiger partial charge in [0.15, 0.2) is 11.4 Å². The Bertz CT molecular complexity index is 1170. The van der Waals surface area contributed by atoms with Crippen molar-refractivity contribution in [2.24, 2.45) is 0 Å². The van der Waals surface area contributed by atoms with E-state index in [1.54, 1.807) is 36.4 Å². The number of nitrogens with one attached hydrogen (secondary N) is 2. The van der Waals surface area contributed by atoms with Crippen LogP contribution in [-0.2, 0) is 0 Å². The number of benzene rings is 3. The van der Waals surface area contributed by atoms with E-state index in [0.717, 1.165) is 0 Å². The monoisotopic (exact) mass is 374 g/mol. The Labute approximate surface area is 158 Å². The van der Waals surface area contributed by atoms with Crippen LogP contribution in [0.25, 0.3) is 10.9 Å². The van der Waals surface area contributed by atoms with E-state index in [0.29, 0.717) is 28.1 Å². The van der Waals surface area contributed by atoms with Crippen LogP contribution in [0.3, 0.4) is 0 Å². The third-order valence-corrected chi connectivity index (χ3v) is 4.08. The predicted octanol–water partition coefficient (Wildman–Crippen LogP) is 4.52. The van der Waals surface area contributed by atoms with E-state index in [4.69, 9.17) is 4.74 Å². The molecule has 4 aromatic rings. The van der Waals surface area contributed by atoms with Crippen LogP contribution in [0, 0.1) is 10.1 Å². The van der Waals surface area contributed by atoms with Crippen LogP contribution in [0.15, 0.2) is 72.8 Å². The van der Waals surface area contributed by atoms with Crippen LogP contribution >= 0.6 is 0 Å².